The quantitative estimate of drug-likeness (QED) is 0.727. The average molecular weight is 389 g/mol. The van der Waals surface area contributed by atoms with Gasteiger partial charge in [0.2, 0.25) is 5.91 Å². The van der Waals surface area contributed by atoms with Gasteiger partial charge in [0.1, 0.15) is 6.33 Å². The predicted molar refractivity (Wildman–Crippen MR) is 110 cm³/mol. The van der Waals surface area contributed by atoms with E-state index < -0.39 is 0 Å². The van der Waals surface area contributed by atoms with Gasteiger partial charge in [-0.15, -0.1) is 5.10 Å². The third-order valence-corrected chi connectivity index (χ3v) is 6.44. The van der Waals surface area contributed by atoms with Crippen LogP contribution >= 0.6 is 0 Å². The molecule has 2 atom stereocenters. The molecule has 1 amide bonds. The molecule has 28 heavy (non-hydrogen) atoms. The summed E-state index contributed by atoms with van der Waals surface area (Å²) in [5, 5.41) is 14.8. The number of tetrazole rings is 1. The summed E-state index contributed by atoms with van der Waals surface area (Å²) in [5.41, 5.74) is 3.41. The Bertz CT molecular complexity index is 694. The number of carbonyl (C=O) groups excluding carboxylic acids is 1. The lowest BCUT2D eigenvalue weighted by atomic mass is 9.71. The summed E-state index contributed by atoms with van der Waals surface area (Å²) in [7, 11) is 0. The van der Waals surface area contributed by atoms with Crippen LogP contribution in [0.15, 0.2) is 17.5 Å². The van der Waals surface area contributed by atoms with E-state index in [1.54, 1.807) is 22.2 Å². The fraction of sp³-hybridized carbons (Fsp3) is 0.810. The zero-order valence-electron chi connectivity index (χ0n) is 18.1. The van der Waals surface area contributed by atoms with Gasteiger partial charge < -0.3 is 5.32 Å². The molecule has 1 fully saturated rings. The molecular weight excluding hydrogens is 352 g/mol. The number of hydrogen-bond acceptors (Lipinski definition) is 5. The molecule has 1 aromatic heterocycles. The molecule has 156 valence electrons. The molecule has 2 heterocycles. The van der Waals surface area contributed by atoms with Gasteiger partial charge in [-0.05, 0) is 60.8 Å². The van der Waals surface area contributed by atoms with Gasteiger partial charge in [-0.3, -0.25) is 9.69 Å². The van der Waals surface area contributed by atoms with Crippen LogP contribution in [0.5, 0.6) is 0 Å². The van der Waals surface area contributed by atoms with Crippen molar-refractivity contribution in [2.24, 2.45) is 11.3 Å². The van der Waals surface area contributed by atoms with Crippen LogP contribution in [-0.2, 0) is 4.79 Å². The van der Waals surface area contributed by atoms with E-state index >= 15 is 0 Å². The third kappa shape index (κ3) is 4.80. The first-order valence-electron chi connectivity index (χ1n) is 10.7. The van der Waals surface area contributed by atoms with Gasteiger partial charge in [0.05, 0.1) is 12.1 Å². The number of allylic oxidation sites excluding steroid dienone is 1. The summed E-state index contributed by atoms with van der Waals surface area (Å²) in [6.45, 7) is 13.7. The van der Waals surface area contributed by atoms with Gasteiger partial charge in [0.25, 0.3) is 0 Å². The molecule has 0 saturated carbocycles. The molecule has 7 nitrogen and oxygen atoms in total. The predicted octanol–water partition coefficient (Wildman–Crippen LogP) is 2.98. The van der Waals surface area contributed by atoms with Gasteiger partial charge in [0, 0.05) is 19.6 Å². The van der Waals surface area contributed by atoms with Gasteiger partial charge in [-0.2, -0.15) is 0 Å². The van der Waals surface area contributed by atoms with E-state index in [0.29, 0.717) is 5.92 Å². The Balaban J connectivity index is 1.71. The highest BCUT2D eigenvalue weighted by molar-refractivity contribution is 5.82. The maximum Gasteiger partial charge on any atom is 0.237 e. The van der Waals surface area contributed by atoms with Crippen molar-refractivity contribution in [1.82, 2.24) is 30.4 Å². The molecule has 1 N–H and O–H groups in total. The molecule has 0 aromatic carbocycles. The van der Waals surface area contributed by atoms with E-state index in [9.17, 15) is 4.79 Å². The monoisotopic (exact) mass is 388 g/mol. The second-order valence-corrected chi connectivity index (χ2v) is 9.58. The standard InChI is InChI=1S/C21H36N6O/c1-15(2)12-22-20(28)19-11-17(27-14-23-24-25-27)13-26(19)10-8-18-16(3)7-6-9-21(18,4)5/h14-15,17,19H,6-13H2,1-5H3,(H,22,28)/t17-,19+/m1/s1. The van der Waals surface area contributed by atoms with E-state index in [0.717, 1.165) is 32.5 Å². The molecule has 1 aliphatic carbocycles. The number of likely N-dealkylation sites (tertiary alicyclic amines) is 1. The number of hydrogen-bond donors (Lipinski definition) is 1. The van der Waals surface area contributed by atoms with Crippen molar-refractivity contribution in [3.8, 4) is 0 Å². The highest BCUT2D eigenvalue weighted by Crippen LogP contribution is 2.42. The molecule has 0 bridgehead atoms. The first kappa shape index (κ1) is 21.0. The van der Waals surface area contributed by atoms with Crippen LogP contribution in [0.1, 0.15) is 72.8 Å². The molecule has 3 rings (SSSR count). The highest BCUT2D eigenvalue weighted by Gasteiger charge is 2.38. The fourth-order valence-electron chi connectivity index (χ4n) is 4.83. The van der Waals surface area contributed by atoms with Crippen molar-refractivity contribution in [1.29, 1.82) is 0 Å². The van der Waals surface area contributed by atoms with E-state index in [-0.39, 0.29) is 23.4 Å². The Morgan fingerprint density at radius 2 is 2.18 bits per heavy atom. The minimum Gasteiger partial charge on any atom is -0.354 e. The largest absolute Gasteiger partial charge is 0.354 e. The van der Waals surface area contributed by atoms with Crippen molar-refractivity contribution in [3.63, 3.8) is 0 Å². The van der Waals surface area contributed by atoms with Crippen LogP contribution in [0.3, 0.4) is 0 Å². The summed E-state index contributed by atoms with van der Waals surface area (Å²) in [6, 6.07) is 0.0415. The van der Waals surface area contributed by atoms with Crippen LogP contribution in [-0.4, -0.2) is 56.7 Å². The Labute approximate surface area is 168 Å². The van der Waals surface area contributed by atoms with Gasteiger partial charge >= 0.3 is 0 Å². The second-order valence-electron chi connectivity index (χ2n) is 9.58. The second kappa shape index (κ2) is 8.72. The lowest BCUT2D eigenvalue weighted by Crippen LogP contribution is -2.44. The molecule has 1 aromatic rings. The maximum absolute atomic E-state index is 12.9. The summed E-state index contributed by atoms with van der Waals surface area (Å²) >= 11 is 0. The minimum atomic E-state index is -0.111. The molecule has 0 spiro atoms. The lowest BCUT2D eigenvalue weighted by Gasteiger charge is -2.36. The number of carbonyl (C=O) groups is 1. The first-order valence-corrected chi connectivity index (χ1v) is 10.7. The number of aromatic nitrogens is 4. The fourth-order valence-corrected chi connectivity index (χ4v) is 4.83. The Morgan fingerprint density at radius 3 is 2.82 bits per heavy atom. The van der Waals surface area contributed by atoms with Crippen LogP contribution in [0, 0.1) is 11.3 Å². The van der Waals surface area contributed by atoms with Crippen LogP contribution in [0.2, 0.25) is 0 Å². The summed E-state index contributed by atoms with van der Waals surface area (Å²) < 4.78 is 1.80. The topological polar surface area (TPSA) is 75.9 Å². The third-order valence-electron chi connectivity index (χ3n) is 6.44. The zero-order valence-corrected chi connectivity index (χ0v) is 18.1. The van der Waals surface area contributed by atoms with Crippen LogP contribution in [0.25, 0.3) is 0 Å². The molecular formula is C21H36N6O. The van der Waals surface area contributed by atoms with Crippen molar-refractivity contribution in [2.75, 3.05) is 19.6 Å². The van der Waals surface area contributed by atoms with E-state index in [1.165, 1.54) is 19.3 Å². The smallest absolute Gasteiger partial charge is 0.237 e. The molecule has 0 unspecified atom stereocenters. The van der Waals surface area contributed by atoms with Gasteiger partial charge in [-0.25, -0.2) is 4.68 Å². The normalized spacial score (nSPS) is 25.5. The summed E-state index contributed by atoms with van der Waals surface area (Å²) in [5.74, 6) is 0.586. The highest BCUT2D eigenvalue weighted by atomic mass is 16.2. The minimum absolute atomic E-state index is 0.111. The van der Waals surface area contributed by atoms with E-state index in [4.69, 9.17) is 0 Å². The molecule has 1 aliphatic heterocycles. The van der Waals surface area contributed by atoms with Gasteiger partial charge in [0.15, 0.2) is 0 Å². The molecule has 2 aliphatic rings. The van der Waals surface area contributed by atoms with Crippen molar-refractivity contribution < 1.29 is 4.79 Å². The number of nitrogens with zero attached hydrogens (tertiary/aromatic N) is 5. The van der Waals surface area contributed by atoms with Crippen LogP contribution in [0.4, 0.5) is 0 Å². The lowest BCUT2D eigenvalue weighted by molar-refractivity contribution is -0.125. The Hall–Kier alpha value is -1.76. The average Bonchev–Trinajstić information content (AvgIpc) is 3.28. The zero-order chi connectivity index (χ0) is 20.3. The SMILES string of the molecule is CC1=C(CCN2C[C@H](n3cnnn3)C[C@H]2C(=O)NCC(C)C)C(C)(C)CCC1. The molecule has 0 radical (unpaired) electrons. The van der Waals surface area contributed by atoms with E-state index in [1.807, 2.05) is 0 Å². The number of rotatable bonds is 7. The summed E-state index contributed by atoms with van der Waals surface area (Å²) in [4.78, 5) is 15.2. The number of amides is 1. The maximum atomic E-state index is 12.9. The Kier molecular flexibility index (Phi) is 6.53. The van der Waals surface area contributed by atoms with Gasteiger partial charge in [-0.1, -0.05) is 38.8 Å². The molecule has 7 heteroatoms. The molecule has 1 saturated heterocycles. The summed E-state index contributed by atoms with van der Waals surface area (Å²) in [6.07, 6.45) is 7.21. The number of nitrogens with one attached hydrogen (secondary N) is 1. The van der Waals surface area contributed by atoms with Crippen LogP contribution < -0.4 is 5.32 Å². The Morgan fingerprint density at radius 1 is 1.39 bits per heavy atom. The van der Waals surface area contributed by atoms with Crippen molar-refractivity contribution in [3.05, 3.63) is 17.5 Å². The van der Waals surface area contributed by atoms with E-state index in [2.05, 4.69) is 60.4 Å². The first-order chi connectivity index (χ1) is 13.3. The van der Waals surface area contributed by atoms with Crippen molar-refractivity contribution in [2.45, 2.75) is 78.8 Å². The van der Waals surface area contributed by atoms with Crippen molar-refractivity contribution >= 4 is 5.91 Å².